The molecule has 1 aliphatic rings. The summed E-state index contributed by atoms with van der Waals surface area (Å²) in [7, 11) is 0. The first-order valence-corrected chi connectivity index (χ1v) is 13.7. The summed E-state index contributed by atoms with van der Waals surface area (Å²) in [5.74, 6) is 1.28. The summed E-state index contributed by atoms with van der Waals surface area (Å²) >= 11 is 0. The van der Waals surface area contributed by atoms with Gasteiger partial charge in [0.25, 0.3) is 5.84 Å². The molecule has 3 rings (SSSR count). The Hall–Kier alpha value is -3.04. The van der Waals surface area contributed by atoms with Crippen LogP contribution in [-0.2, 0) is 5.21 Å². The molecular weight excluding hydrogens is 462 g/mol. The van der Waals surface area contributed by atoms with Crippen molar-refractivity contribution in [1.82, 2.24) is 5.06 Å². The number of ether oxygens (including phenoxy) is 1. The van der Waals surface area contributed by atoms with Crippen molar-refractivity contribution in [1.29, 1.82) is 5.26 Å². The summed E-state index contributed by atoms with van der Waals surface area (Å²) in [6.45, 7) is 8.13. The third-order valence-corrected chi connectivity index (χ3v) is 8.00. The number of hydrogen-bond acceptors (Lipinski definition) is 4. The lowest BCUT2D eigenvalue weighted by Crippen LogP contribution is -2.53. The molecule has 0 amide bonds. The van der Waals surface area contributed by atoms with Gasteiger partial charge < -0.3 is 9.94 Å². The lowest BCUT2D eigenvalue weighted by Gasteiger charge is -2.32. The molecule has 2 aromatic carbocycles. The second-order valence-corrected chi connectivity index (χ2v) is 11.1. The number of amidine groups is 1. The van der Waals surface area contributed by atoms with Gasteiger partial charge in [-0.3, -0.25) is 4.74 Å². The van der Waals surface area contributed by atoms with Gasteiger partial charge in [-0.25, -0.2) is 0 Å². The van der Waals surface area contributed by atoms with Crippen LogP contribution in [0.15, 0.2) is 48.5 Å². The molecule has 37 heavy (non-hydrogen) atoms. The zero-order chi connectivity index (χ0) is 26.9. The summed E-state index contributed by atoms with van der Waals surface area (Å²) < 4.78 is 6.83. The van der Waals surface area contributed by atoms with E-state index < -0.39 is 11.1 Å². The summed E-state index contributed by atoms with van der Waals surface area (Å²) in [6.07, 6.45) is 10.8. The van der Waals surface area contributed by atoms with Gasteiger partial charge in [-0.15, -0.1) is 0 Å². The average molecular weight is 505 g/mol. The van der Waals surface area contributed by atoms with E-state index in [4.69, 9.17) is 10.00 Å². The summed E-state index contributed by atoms with van der Waals surface area (Å²) in [5.41, 5.74) is 1.47. The molecule has 1 heterocycles. The van der Waals surface area contributed by atoms with E-state index >= 15 is 0 Å². The molecule has 2 aromatic rings. The van der Waals surface area contributed by atoms with Gasteiger partial charge in [0, 0.05) is 5.21 Å². The van der Waals surface area contributed by atoms with E-state index in [0.717, 1.165) is 59.0 Å². The lowest BCUT2D eigenvalue weighted by atomic mass is 9.84. The first-order chi connectivity index (χ1) is 17.7. The van der Waals surface area contributed by atoms with Crippen LogP contribution in [0.3, 0.4) is 0 Å². The number of nitrogens with zero attached hydrogens (tertiary/aromatic N) is 3. The Morgan fingerprint density at radius 2 is 1.30 bits per heavy atom. The van der Waals surface area contributed by atoms with Crippen LogP contribution < -0.4 is 4.74 Å². The van der Waals surface area contributed by atoms with E-state index in [9.17, 15) is 10.4 Å². The minimum atomic E-state index is -0.701. The van der Waals surface area contributed by atoms with Crippen LogP contribution in [0.2, 0.25) is 0 Å². The van der Waals surface area contributed by atoms with Crippen molar-refractivity contribution in [2.75, 3.05) is 6.61 Å². The molecule has 0 atom stereocenters. The molecule has 0 saturated heterocycles. The van der Waals surface area contributed by atoms with E-state index in [1.54, 1.807) is 0 Å². The zero-order valence-corrected chi connectivity index (χ0v) is 23.0. The Morgan fingerprint density at radius 3 is 1.78 bits per heavy atom. The quantitative estimate of drug-likeness (QED) is 0.150. The van der Waals surface area contributed by atoms with Crippen molar-refractivity contribution < 1.29 is 14.7 Å². The van der Waals surface area contributed by atoms with Crippen LogP contribution in [0.1, 0.15) is 97.5 Å². The number of hydroxylamine groups is 3. The van der Waals surface area contributed by atoms with Gasteiger partial charge in [0.1, 0.15) is 11.3 Å². The summed E-state index contributed by atoms with van der Waals surface area (Å²) in [6, 6.07) is 17.9. The predicted octanol–water partition coefficient (Wildman–Crippen LogP) is 7.63. The van der Waals surface area contributed by atoms with Crippen LogP contribution in [-0.4, -0.2) is 33.3 Å². The fourth-order valence-electron chi connectivity index (χ4n) is 4.72. The van der Waals surface area contributed by atoms with Crippen molar-refractivity contribution in [3.05, 3.63) is 59.3 Å². The highest BCUT2D eigenvalue weighted by Gasteiger charge is 2.59. The fourth-order valence-corrected chi connectivity index (χ4v) is 4.72. The molecule has 6 nitrogen and oxygen atoms in total. The van der Waals surface area contributed by atoms with E-state index in [2.05, 4.69) is 18.2 Å². The van der Waals surface area contributed by atoms with Crippen molar-refractivity contribution in [2.45, 2.75) is 103 Å². The molecule has 199 valence electrons. The SMILES string of the molecule is CC1(C)N([O])C(CCCCCCCCCCCOc2ccc(-c3ccc(C#N)cc3)cc2)=[N+]([O-])C1(C)C. The zero-order valence-electron chi connectivity index (χ0n) is 23.0. The van der Waals surface area contributed by atoms with Crippen LogP contribution >= 0.6 is 0 Å². The summed E-state index contributed by atoms with van der Waals surface area (Å²) in [4.78, 5) is 0. The van der Waals surface area contributed by atoms with Crippen LogP contribution in [0.5, 0.6) is 5.75 Å². The van der Waals surface area contributed by atoms with Crippen molar-refractivity contribution >= 4 is 5.84 Å². The third-order valence-electron chi connectivity index (χ3n) is 8.00. The summed E-state index contributed by atoms with van der Waals surface area (Å²) in [5, 5.41) is 35.0. The van der Waals surface area contributed by atoms with E-state index in [-0.39, 0.29) is 0 Å². The first-order valence-electron chi connectivity index (χ1n) is 13.7. The average Bonchev–Trinajstić information content (AvgIpc) is 3.01. The fraction of sp³-hybridized carbons (Fsp3) is 0.548. The molecule has 1 radical (unpaired) electrons. The normalized spacial score (nSPS) is 16.2. The molecular formula is C31H42N3O3. The van der Waals surface area contributed by atoms with E-state index in [1.165, 1.54) is 32.1 Å². The number of rotatable bonds is 14. The molecule has 0 bridgehead atoms. The second-order valence-electron chi connectivity index (χ2n) is 11.1. The van der Waals surface area contributed by atoms with E-state index in [1.807, 2.05) is 64.1 Å². The number of nitriles is 1. The Balaban J connectivity index is 1.20. The Labute approximate surface area is 222 Å². The lowest BCUT2D eigenvalue weighted by molar-refractivity contribution is -0.540. The maximum absolute atomic E-state index is 12.6. The standard InChI is InChI=1S/C31H42N3O3/c1-30(2)31(3,4)34(36)29(33(30)35)14-12-10-8-6-5-7-9-11-13-23-37-28-21-19-27(20-22-28)26-17-15-25(24-32)16-18-26/h15-22H,5-14,23H2,1-4H3. The van der Waals surface area contributed by atoms with Gasteiger partial charge in [-0.05, 0) is 75.9 Å². The monoisotopic (exact) mass is 504 g/mol. The predicted molar refractivity (Wildman–Crippen MR) is 148 cm³/mol. The van der Waals surface area contributed by atoms with E-state index in [0.29, 0.717) is 17.8 Å². The van der Waals surface area contributed by atoms with Gasteiger partial charge in [0.05, 0.1) is 24.7 Å². The Kier molecular flexibility index (Phi) is 10.00. The maximum atomic E-state index is 12.6. The van der Waals surface area contributed by atoms with Crippen LogP contribution in [0.4, 0.5) is 0 Å². The Bertz CT molecular complexity index is 1070. The molecule has 0 spiro atoms. The highest BCUT2D eigenvalue weighted by molar-refractivity contribution is 5.79. The highest BCUT2D eigenvalue weighted by atomic mass is 16.5. The molecule has 0 N–H and O–H groups in total. The molecule has 0 fully saturated rings. The van der Waals surface area contributed by atoms with Crippen molar-refractivity contribution in [2.24, 2.45) is 0 Å². The van der Waals surface area contributed by atoms with Gasteiger partial charge >= 0.3 is 0 Å². The minimum absolute atomic E-state index is 0.388. The molecule has 0 unspecified atom stereocenters. The molecule has 0 aliphatic carbocycles. The maximum Gasteiger partial charge on any atom is 0.284 e. The van der Waals surface area contributed by atoms with Crippen LogP contribution in [0.25, 0.3) is 11.1 Å². The smallest absolute Gasteiger partial charge is 0.284 e. The van der Waals surface area contributed by atoms with Crippen LogP contribution in [0, 0.1) is 16.5 Å². The number of hydrogen-bond donors (Lipinski definition) is 0. The van der Waals surface area contributed by atoms with Gasteiger partial charge in [-0.2, -0.15) is 5.26 Å². The Morgan fingerprint density at radius 1 is 0.811 bits per heavy atom. The number of benzene rings is 2. The van der Waals surface area contributed by atoms with Gasteiger partial charge in [0.15, 0.2) is 5.54 Å². The number of unbranched alkanes of at least 4 members (excludes halogenated alkanes) is 8. The van der Waals surface area contributed by atoms with Crippen molar-refractivity contribution in [3.63, 3.8) is 0 Å². The highest BCUT2D eigenvalue weighted by Crippen LogP contribution is 2.36. The van der Waals surface area contributed by atoms with Crippen molar-refractivity contribution in [3.8, 4) is 22.9 Å². The molecule has 0 aromatic heterocycles. The largest absolute Gasteiger partial charge is 0.715 e. The first kappa shape index (κ1) is 28.5. The third kappa shape index (κ3) is 7.05. The molecule has 6 heteroatoms. The van der Waals surface area contributed by atoms with Gasteiger partial charge in [-0.1, -0.05) is 74.3 Å². The molecule has 0 saturated carbocycles. The second kappa shape index (κ2) is 13.0. The minimum Gasteiger partial charge on any atom is -0.715 e. The molecule has 1 aliphatic heterocycles. The van der Waals surface area contributed by atoms with Gasteiger partial charge in [0.2, 0.25) is 0 Å². The topological polar surface area (TPSA) is 82.2 Å².